The van der Waals surface area contributed by atoms with Crippen molar-refractivity contribution in [2.24, 2.45) is 0 Å². The predicted octanol–water partition coefficient (Wildman–Crippen LogP) is 2.49. The predicted molar refractivity (Wildman–Crippen MR) is 96.4 cm³/mol. The van der Waals surface area contributed by atoms with E-state index in [1.807, 2.05) is 23.2 Å². The van der Waals surface area contributed by atoms with E-state index in [0.717, 1.165) is 29.4 Å². The van der Waals surface area contributed by atoms with Gasteiger partial charge in [0.2, 0.25) is 0 Å². The lowest BCUT2D eigenvalue weighted by molar-refractivity contribution is 0.0953. The number of amides is 1. The molecule has 0 unspecified atom stereocenters. The number of carbonyl (C=O) groups excluding carboxylic acids is 1. The van der Waals surface area contributed by atoms with Gasteiger partial charge >= 0.3 is 0 Å². The zero-order chi connectivity index (χ0) is 17.6. The van der Waals surface area contributed by atoms with Gasteiger partial charge in [-0.15, -0.1) is 11.3 Å². The minimum Gasteiger partial charge on any atom is -0.352 e. The van der Waals surface area contributed by atoms with Crippen LogP contribution in [-0.4, -0.2) is 37.2 Å². The molecule has 0 saturated carbocycles. The lowest BCUT2D eigenvalue weighted by Crippen LogP contribution is -2.26. The van der Waals surface area contributed by atoms with Crippen molar-refractivity contribution < 1.29 is 4.79 Å². The molecule has 1 amide bonds. The fourth-order valence-corrected chi connectivity index (χ4v) is 3.22. The van der Waals surface area contributed by atoms with E-state index in [1.54, 1.807) is 18.5 Å². The molecule has 3 aromatic heterocycles. The van der Waals surface area contributed by atoms with Crippen LogP contribution in [0.1, 0.15) is 35.1 Å². The maximum Gasteiger partial charge on any atom is 0.254 e. The van der Waals surface area contributed by atoms with E-state index in [0.29, 0.717) is 24.4 Å². The third-order valence-corrected chi connectivity index (χ3v) is 4.51. The molecule has 0 aromatic carbocycles. The van der Waals surface area contributed by atoms with Crippen LogP contribution in [0, 0.1) is 6.92 Å². The van der Waals surface area contributed by atoms with Crippen LogP contribution in [0.2, 0.25) is 0 Å². The molecular formula is C17H20N6OS. The Hall–Kier alpha value is -2.61. The normalized spacial score (nSPS) is 10.8. The van der Waals surface area contributed by atoms with Gasteiger partial charge in [-0.25, -0.2) is 15.0 Å². The summed E-state index contributed by atoms with van der Waals surface area (Å²) in [7, 11) is 0. The summed E-state index contributed by atoms with van der Waals surface area (Å²) in [6.45, 7) is 5.28. The van der Waals surface area contributed by atoms with E-state index < -0.39 is 0 Å². The van der Waals surface area contributed by atoms with Gasteiger partial charge in [0.25, 0.3) is 5.91 Å². The Kier molecular flexibility index (Phi) is 5.49. The summed E-state index contributed by atoms with van der Waals surface area (Å²) in [4.78, 5) is 25.2. The Morgan fingerprint density at radius 3 is 2.88 bits per heavy atom. The molecule has 0 aliphatic heterocycles. The van der Waals surface area contributed by atoms with Crippen LogP contribution < -0.4 is 5.32 Å². The van der Waals surface area contributed by atoms with Crippen LogP contribution in [0.3, 0.4) is 0 Å². The van der Waals surface area contributed by atoms with Gasteiger partial charge in [0.15, 0.2) is 10.8 Å². The zero-order valence-electron chi connectivity index (χ0n) is 14.3. The van der Waals surface area contributed by atoms with E-state index in [4.69, 9.17) is 0 Å². The number of aryl methyl sites for hydroxylation is 2. The number of thiazole rings is 1. The molecule has 0 radical (unpaired) electrons. The highest BCUT2D eigenvalue weighted by Crippen LogP contribution is 2.19. The Bertz CT molecular complexity index is 842. The minimum atomic E-state index is -0.0956. The van der Waals surface area contributed by atoms with Crippen molar-refractivity contribution in [2.45, 2.75) is 33.2 Å². The summed E-state index contributed by atoms with van der Waals surface area (Å²) >= 11 is 1.51. The van der Waals surface area contributed by atoms with Gasteiger partial charge in [0.1, 0.15) is 0 Å². The second kappa shape index (κ2) is 7.98. The maximum atomic E-state index is 12.3. The fraction of sp³-hybridized carbons (Fsp3) is 0.353. The first kappa shape index (κ1) is 17.2. The molecule has 0 aliphatic carbocycles. The third-order valence-electron chi connectivity index (χ3n) is 3.62. The van der Waals surface area contributed by atoms with Crippen LogP contribution in [0.25, 0.3) is 10.8 Å². The second-order valence-electron chi connectivity index (χ2n) is 5.61. The minimum absolute atomic E-state index is 0.0956. The first-order valence-corrected chi connectivity index (χ1v) is 9.09. The number of hydrogen-bond acceptors (Lipinski definition) is 6. The molecule has 0 atom stereocenters. The molecule has 0 saturated heterocycles. The van der Waals surface area contributed by atoms with Gasteiger partial charge < -0.3 is 5.32 Å². The molecule has 130 valence electrons. The van der Waals surface area contributed by atoms with Crippen molar-refractivity contribution >= 4 is 17.2 Å². The summed E-state index contributed by atoms with van der Waals surface area (Å²) in [6.07, 6.45) is 6.86. The molecule has 3 aromatic rings. The van der Waals surface area contributed by atoms with Crippen molar-refractivity contribution in [3.63, 3.8) is 0 Å². The maximum absolute atomic E-state index is 12.3. The van der Waals surface area contributed by atoms with Gasteiger partial charge in [-0.3, -0.25) is 9.48 Å². The van der Waals surface area contributed by atoms with Crippen LogP contribution in [0.15, 0.2) is 30.0 Å². The number of nitrogens with zero attached hydrogens (tertiary/aromatic N) is 5. The Morgan fingerprint density at radius 1 is 1.32 bits per heavy atom. The van der Waals surface area contributed by atoms with Crippen molar-refractivity contribution in [1.82, 2.24) is 30.0 Å². The monoisotopic (exact) mass is 356 g/mol. The number of rotatable bonds is 7. The molecule has 1 N–H and O–H groups in total. The highest BCUT2D eigenvalue weighted by molar-refractivity contribution is 7.13. The summed E-state index contributed by atoms with van der Waals surface area (Å²) in [5.74, 6) is 0.531. The topological polar surface area (TPSA) is 85.6 Å². The van der Waals surface area contributed by atoms with Gasteiger partial charge in [0, 0.05) is 43.5 Å². The Morgan fingerprint density at radius 2 is 2.12 bits per heavy atom. The largest absolute Gasteiger partial charge is 0.352 e. The van der Waals surface area contributed by atoms with Crippen molar-refractivity contribution in [3.8, 4) is 10.8 Å². The standard InChI is InChI=1S/C17H20N6OS/c1-3-9-23-10-14(12(2)22-23)16(24)20-8-5-13-11-25-17(21-13)15-18-6-4-7-19-15/h4,6-7,10-11H,3,5,8-9H2,1-2H3,(H,20,24). The molecule has 0 bridgehead atoms. The van der Waals surface area contributed by atoms with Gasteiger partial charge in [-0.2, -0.15) is 5.10 Å². The van der Waals surface area contributed by atoms with Crippen LogP contribution >= 0.6 is 11.3 Å². The molecule has 25 heavy (non-hydrogen) atoms. The second-order valence-corrected chi connectivity index (χ2v) is 6.47. The number of hydrogen-bond donors (Lipinski definition) is 1. The number of carbonyl (C=O) groups is 1. The molecule has 3 heterocycles. The molecule has 0 spiro atoms. The first-order valence-electron chi connectivity index (χ1n) is 8.21. The molecule has 0 fully saturated rings. The molecular weight excluding hydrogens is 336 g/mol. The van der Waals surface area contributed by atoms with Crippen molar-refractivity contribution in [3.05, 3.63) is 47.0 Å². The van der Waals surface area contributed by atoms with E-state index in [9.17, 15) is 4.79 Å². The SMILES string of the molecule is CCCn1cc(C(=O)NCCc2csc(-c3ncccn3)n2)c(C)n1. The van der Waals surface area contributed by atoms with Crippen LogP contribution in [-0.2, 0) is 13.0 Å². The van der Waals surface area contributed by atoms with Crippen molar-refractivity contribution in [2.75, 3.05) is 6.54 Å². The van der Waals surface area contributed by atoms with Gasteiger partial charge in [-0.1, -0.05) is 6.92 Å². The van der Waals surface area contributed by atoms with E-state index in [-0.39, 0.29) is 5.91 Å². The fourth-order valence-electron chi connectivity index (χ4n) is 2.42. The average Bonchev–Trinajstić information content (AvgIpc) is 3.23. The van der Waals surface area contributed by atoms with E-state index >= 15 is 0 Å². The average molecular weight is 356 g/mol. The van der Waals surface area contributed by atoms with Gasteiger partial charge in [-0.05, 0) is 19.4 Å². The van der Waals surface area contributed by atoms with Gasteiger partial charge in [0.05, 0.1) is 17.0 Å². The highest BCUT2D eigenvalue weighted by atomic mass is 32.1. The Labute approximate surface area is 150 Å². The summed E-state index contributed by atoms with van der Waals surface area (Å²) in [6, 6.07) is 1.78. The van der Waals surface area contributed by atoms with E-state index in [1.165, 1.54) is 11.3 Å². The summed E-state index contributed by atoms with van der Waals surface area (Å²) in [5.41, 5.74) is 2.30. The van der Waals surface area contributed by atoms with Crippen LogP contribution in [0.5, 0.6) is 0 Å². The molecule has 3 rings (SSSR count). The van der Waals surface area contributed by atoms with Crippen LogP contribution in [0.4, 0.5) is 0 Å². The summed E-state index contributed by atoms with van der Waals surface area (Å²) < 4.78 is 1.82. The summed E-state index contributed by atoms with van der Waals surface area (Å²) in [5, 5.41) is 10.1. The lowest BCUT2D eigenvalue weighted by Gasteiger charge is -2.02. The quantitative estimate of drug-likeness (QED) is 0.703. The molecule has 8 heteroatoms. The smallest absolute Gasteiger partial charge is 0.254 e. The van der Waals surface area contributed by atoms with Crippen molar-refractivity contribution in [1.29, 1.82) is 0 Å². The van der Waals surface area contributed by atoms with E-state index in [2.05, 4.69) is 32.3 Å². The zero-order valence-corrected chi connectivity index (χ0v) is 15.1. The first-order chi connectivity index (χ1) is 12.2. The third kappa shape index (κ3) is 4.27. The molecule has 0 aliphatic rings. The molecule has 7 nitrogen and oxygen atoms in total. The number of aromatic nitrogens is 5. The lowest BCUT2D eigenvalue weighted by atomic mass is 10.2. The number of nitrogens with one attached hydrogen (secondary N) is 1. The highest BCUT2D eigenvalue weighted by Gasteiger charge is 2.13. The Balaban J connectivity index is 1.54.